The molecule has 2 aromatic heterocycles. The van der Waals surface area contributed by atoms with Gasteiger partial charge in [0.2, 0.25) is 0 Å². The maximum absolute atomic E-state index is 4.43. The molecule has 4 rings (SSSR count). The predicted molar refractivity (Wildman–Crippen MR) is 105 cm³/mol. The number of aromatic nitrogens is 2. The first-order valence-electron chi connectivity index (χ1n) is 8.79. The molecule has 0 amide bonds. The van der Waals surface area contributed by atoms with Crippen LogP contribution in [0.3, 0.4) is 0 Å². The smallest absolute Gasteiger partial charge is 1.00 e. The van der Waals surface area contributed by atoms with Gasteiger partial charge in [0, 0.05) is 32.0 Å². The Kier molecular flexibility index (Phi) is 21.2. The van der Waals surface area contributed by atoms with Crippen molar-refractivity contribution in [3.05, 3.63) is 124 Å². The summed E-state index contributed by atoms with van der Waals surface area (Å²) in [5.74, 6) is 1.32. The largest absolute Gasteiger partial charge is 2.00 e. The maximum Gasteiger partial charge on any atom is 2.00 e. The predicted octanol–water partition coefficient (Wildman–Crippen LogP) is -2.09. The third-order valence-corrected chi connectivity index (χ3v) is 3.92. The van der Waals surface area contributed by atoms with Gasteiger partial charge in [-0.3, -0.25) is 14.9 Å². The van der Waals surface area contributed by atoms with E-state index in [-0.39, 0.29) is 62.9 Å². The van der Waals surface area contributed by atoms with Gasteiger partial charge in [-0.2, -0.15) is 0 Å². The van der Waals surface area contributed by atoms with E-state index in [0.717, 1.165) is 31.0 Å². The molecule has 0 aliphatic heterocycles. The monoisotopic (exact) mass is 662 g/mol. The molecule has 2 aliphatic carbocycles. The number of halogens is 2. The van der Waals surface area contributed by atoms with Crippen molar-refractivity contribution in [2.75, 3.05) is 6.54 Å². The van der Waals surface area contributed by atoms with E-state index in [1.165, 1.54) is 5.92 Å². The quantitative estimate of drug-likeness (QED) is 0.333. The van der Waals surface area contributed by atoms with Crippen LogP contribution in [0, 0.1) is 63.7 Å². The van der Waals surface area contributed by atoms with Crippen molar-refractivity contribution in [1.29, 1.82) is 0 Å². The first-order chi connectivity index (χ1) is 12.9. The van der Waals surface area contributed by atoms with E-state index in [9.17, 15) is 0 Å². The van der Waals surface area contributed by atoms with Crippen molar-refractivity contribution in [2.24, 2.45) is 0 Å². The Bertz CT molecular complexity index is 563. The minimum Gasteiger partial charge on any atom is -1.00 e. The van der Waals surface area contributed by atoms with E-state index < -0.39 is 0 Å². The molecule has 160 valence electrons. The third kappa shape index (κ3) is 12.8. The fraction of sp³-hybridized carbons (Fsp3) is 0.130. The molecule has 30 heavy (non-hydrogen) atoms. The van der Waals surface area contributed by atoms with Crippen molar-refractivity contribution in [1.82, 2.24) is 14.9 Å². The summed E-state index contributed by atoms with van der Waals surface area (Å²) in [7, 11) is 0. The molecule has 2 heterocycles. The minimum atomic E-state index is 0. The minimum absolute atomic E-state index is 0. The van der Waals surface area contributed by atoms with Gasteiger partial charge in [0.05, 0.1) is 11.4 Å². The second-order valence-corrected chi connectivity index (χ2v) is 6.04. The summed E-state index contributed by atoms with van der Waals surface area (Å²) >= 11 is 0. The van der Waals surface area contributed by atoms with Crippen molar-refractivity contribution in [2.45, 2.75) is 13.1 Å². The Morgan fingerprint density at radius 1 is 0.600 bits per heavy atom. The van der Waals surface area contributed by atoms with Gasteiger partial charge in [0.1, 0.15) is 0 Å². The van der Waals surface area contributed by atoms with Crippen LogP contribution in [0.4, 0.5) is 0 Å². The Balaban J connectivity index is 0. The van der Waals surface area contributed by atoms with E-state index in [0.29, 0.717) is 0 Å². The summed E-state index contributed by atoms with van der Waals surface area (Å²) in [5.41, 5.74) is 2.17. The number of nitrogens with zero attached hydrogens (tertiary/aromatic N) is 3. The van der Waals surface area contributed by atoms with Crippen LogP contribution in [0.2, 0.25) is 0 Å². The van der Waals surface area contributed by atoms with Crippen LogP contribution in [0.5, 0.6) is 0 Å². The SMILES string of the molecule is [CH]1[CH][CH][CH][CH]1.[CH]1[CH][CH][C](CN(Cc2ccccn2)Cc2ccccn2)[CH]1.[Cl-].[Cl-].[Fe+2].[Pt+2]. The Morgan fingerprint density at radius 3 is 1.40 bits per heavy atom. The molecule has 0 bridgehead atoms. The average Bonchev–Trinajstić information content (AvgIpc) is 3.40. The van der Waals surface area contributed by atoms with Gasteiger partial charge >= 0.3 is 38.1 Å². The van der Waals surface area contributed by atoms with Gasteiger partial charge in [0.15, 0.2) is 0 Å². The van der Waals surface area contributed by atoms with Crippen LogP contribution < -0.4 is 24.8 Å². The standard InChI is InChI=1S/C18H18N3.C5H5.2ClH.Fe.Pt/c1-2-8-16(7-1)13-21(14-17-9-3-5-11-19-17)15-18-10-4-6-12-20-18;1-2-4-5-3-1;;;;/h1-12H,13-15H2;1-5H;2*1H;;/q;;;;2*+2/p-2. The zero-order valence-electron chi connectivity index (χ0n) is 16.2. The summed E-state index contributed by atoms with van der Waals surface area (Å²) in [5, 5.41) is 0. The molecule has 0 spiro atoms. The number of rotatable bonds is 6. The van der Waals surface area contributed by atoms with Crippen LogP contribution in [-0.2, 0) is 51.2 Å². The van der Waals surface area contributed by atoms with Gasteiger partial charge in [-0.15, -0.1) is 0 Å². The molecule has 0 unspecified atom stereocenters. The second kappa shape index (κ2) is 19.7. The Morgan fingerprint density at radius 2 is 1.03 bits per heavy atom. The molecule has 2 fully saturated rings. The normalized spacial score (nSPS) is 15.0. The van der Waals surface area contributed by atoms with E-state index in [4.69, 9.17) is 0 Å². The molecule has 3 nitrogen and oxygen atoms in total. The molecule has 7 heteroatoms. The summed E-state index contributed by atoms with van der Waals surface area (Å²) in [6.07, 6.45) is 22.2. The van der Waals surface area contributed by atoms with E-state index in [2.05, 4.69) is 52.7 Å². The van der Waals surface area contributed by atoms with Crippen molar-refractivity contribution >= 4 is 0 Å². The Hall–Kier alpha value is 0.0478. The molecule has 0 N–H and O–H groups in total. The molecule has 0 saturated heterocycles. The van der Waals surface area contributed by atoms with E-state index in [1.807, 2.05) is 68.8 Å². The van der Waals surface area contributed by atoms with E-state index >= 15 is 0 Å². The molecule has 2 aliphatic rings. The molecule has 0 aromatic carbocycles. The molecule has 2 saturated carbocycles. The molecule has 10 radical (unpaired) electrons. The van der Waals surface area contributed by atoms with Crippen LogP contribution in [-0.4, -0.2) is 21.4 Å². The first kappa shape index (κ1) is 32.2. The number of hydrogen-bond acceptors (Lipinski definition) is 3. The van der Waals surface area contributed by atoms with Crippen LogP contribution in [0.1, 0.15) is 11.4 Å². The van der Waals surface area contributed by atoms with Crippen LogP contribution in [0.15, 0.2) is 48.8 Å². The average molecular weight is 663 g/mol. The summed E-state index contributed by atoms with van der Waals surface area (Å²) < 4.78 is 0. The van der Waals surface area contributed by atoms with Crippen LogP contribution >= 0.6 is 0 Å². The summed E-state index contributed by atoms with van der Waals surface area (Å²) in [6, 6.07) is 12.1. The fourth-order valence-electron chi connectivity index (χ4n) is 2.71. The molecule has 0 atom stereocenters. The van der Waals surface area contributed by atoms with Crippen molar-refractivity contribution < 1.29 is 62.9 Å². The summed E-state index contributed by atoms with van der Waals surface area (Å²) in [6.45, 7) is 2.55. The zero-order valence-corrected chi connectivity index (χ0v) is 21.1. The number of hydrogen-bond donors (Lipinski definition) is 0. The van der Waals surface area contributed by atoms with Gasteiger partial charge in [0.25, 0.3) is 0 Å². The van der Waals surface area contributed by atoms with Gasteiger partial charge < -0.3 is 24.8 Å². The van der Waals surface area contributed by atoms with Crippen molar-refractivity contribution in [3.8, 4) is 0 Å². The third-order valence-electron chi connectivity index (χ3n) is 3.92. The van der Waals surface area contributed by atoms with E-state index in [1.54, 1.807) is 0 Å². The van der Waals surface area contributed by atoms with Crippen LogP contribution in [0.25, 0.3) is 0 Å². The van der Waals surface area contributed by atoms with Gasteiger partial charge in [-0.05, 0) is 88.0 Å². The number of pyridine rings is 2. The molecular weight excluding hydrogens is 640 g/mol. The molecule has 2 aromatic rings. The maximum atomic E-state index is 4.43. The zero-order chi connectivity index (χ0) is 17.9. The fourth-order valence-corrected chi connectivity index (χ4v) is 2.71. The topological polar surface area (TPSA) is 29.0 Å². The van der Waals surface area contributed by atoms with Gasteiger partial charge in [-0.1, -0.05) is 12.1 Å². The first-order valence-corrected chi connectivity index (χ1v) is 8.79. The molecular formula is C23H23Cl2FeN3Pt+2. The van der Waals surface area contributed by atoms with Crippen molar-refractivity contribution in [3.63, 3.8) is 0 Å². The second-order valence-electron chi connectivity index (χ2n) is 6.04. The summed E-state index contributed by atoms with van der Waals surface area (Å²) in [4.78, 5) is 11.2. The van der Waals surface area contributed by atoms with Gasteiger partial charge in [-0.25, -0.2) is 0 Å². The Labute approximate surface area is 220 Å².